The summed E-state index contributed by atoms with van der Waals surface area (Å²) in [7, 11) is 0. The van der Waals surface area contributed by atoms with E-state index in [-0.39, 0.29) is 5.95 Å². The van der Waals surface area contributed by atoms with E-state index in [0.717, 1.165) is 29.6 Å². The minimum Gasteiger partial charge on any atom is -0.368 e. The molecule has 0 saturated heterocycles. The number of hydrogen-bond donors (Lipinski definition) is 2. The standard InChI is InChI=1S/C20H24N6/c1-13-3-7-15(8-4-13)12-26-19-17(11-22-26)18(24-20(21)25-19)23-16-9-5-14(2)6-10-16/h3,5,7-11,13-14H,4,6,12H2,1-2H3,(H3,21,23,24,25)/t13-,14+/m0/s1. The van der Waals surface area contributed by atoms with E-state index in [1.54, 1.807) is 0 Å². The molecule has 0 fully saturated rings. The Morgan fingerprint density at radius 1 is 1.12 bits per heavy atom. The molecule has 0 spiro atoms. The van der Waals surface area contributed by atoms with Gasteiger partial charge in [0.2, 0.25) is 5.95 Å². The Labute approximate surface area is 153 Å². The molecule has 6 nitrogen and oxygen atoms in total. The molecule has 3 N–H and O–H groups in total. The van der Waals surface area contributed by atoms with Crippen LogP contribution in [0.1, 0.15) is 26.7 Å². The van der Waals surface area contributed by atoms with Crippen LogP contribution in [-0.4, -0.2) is 19.7 Å². The second kappa shape index (κ2) is 6.78. The number of anilines is 2. The van der Waals surface area contributed by atoms with Crippen molar-refractivity contribution in [2.24, 2.45) is 11.8 Å². The summed E-state index contributed by atoms with van der Waals surface area (Å²) < 4.78 is 1.89. The fourth-order valence-corrected chi connectivity index (χ4v) is 3.20. The molecule has 2 atom stereocenters. The quantitative estimate of drug-likeness (QED) is 0.878. The molecule has 0 aromatic carbocycles. The summed E-state index contributed by atoms with van der Waals surface area (Å²) in [5.74, 6) is 2.11. The maximum atomic E-state index is 5.96. The Balaban J connectivity index is 1.63. The Hall–Kier alpha value is -2.89. The predicted octanol–water partition coefficient (Wildman–Crippen LogP) is 3.82. The molecule has 6 heteroatoms. The van der Waals surface area contributed by atoms with E-state index in [1.165, 1.54) is 5.57 Å². The van der Waals surface area contributed by atoms with Crippen LogP contribution in [0.15, 0.2) is 53.9 Å². The zero-order valence-corrected chi connectivity index (χ0v) is 15.2. The van der Waals surface area contributed by atoms with E-state index in [4.69, 9.17) is 5.73 Å². The van der Waals surface area contributed by atoms with Crippen LogP contribution in [0.3, 0.4) is 0 Å². The monoisotopic (exact) mass is 348 g/mol. The van der Waals surface area contributed by atoms with Gasteiger partial charge in [-0.15, -0.1) is 0 Å². The van der Waals surface area contributed by atoms with Crippen LogP contribution in [0.25, 0.3) is 11.0 Å². The van der Waals surface area contributed by atoms with Crippen LogP contribution in [0.2, 0.25) is 0 Å². The number of nitrogens with one attached hydrogen (secondary N) is 1. The van der Waals surface area contributed by atoms with Gasteiger partial charge in [0, 0.05) is 5.70 Å². The highest BCUT2D eigenvalue weighted by Crippen LogP contribution is 2.25. The zero-order valence-electron chi connectivity index (χ0n) is 15.2. The molecular formula is C20H24N6. The Morgan fingerprint density at radius 3 is 2.58 bits per heavy atom. The van der Waals surface area contributed by atoms with E-state index >= 15 is 0 Å². The predicted molar refractivity (Wildman–Crippen MR) is 105 cm³/mol. The van der Waals surface area contributed by atoms with Gasteiger partial charge in [-0.05, 0) is 36.3 Å². The van der Waals surface area contributed by atoms with Crippen LogP contribution in [-0.2, 0) is 6.54 Å². The van der Waals surface area contributed by atoms with Gasteiger partial charge >= 0.3 is 0 Å². The number of allylic oxidation sites excluding steroid dienone is 7. The number of rotatable bonds is 4. The van der Waals surface area contributed by atoms with E-state index < -0.39 is 0 Å². The number of nitrogens with zero attached hydrogens (tertiary/aromatic N) is 4. The summed E-state index contributed by atoms with van der Waals surface area (Å²) in [4.78, 5) is 8.80. The highest BCUT2D eigenvalue weighted by molar-refractivity contribution is 5.88. The summed E-state index contributed by atoms with van der Waals surface area (Å²) in [6.45, 7) is 5.10. The van der Waals surface area contributed by atoms with Gasteiger partial charge in [-0.1, -0.05) is 44.2 Å². The first-order valence-corrected chi connectivity index (χ1v) is 9.10. The lowest BCUT2D eigenvalue weighted by Gasteiger charge is -2.14. The van der Waals surface area contributed by atoms with E-state index in [9.17, 15) is 0 Å². The minimum atomic E-state index is 0.247. The van der Waals surface area contributed by atoms with Gasteiger partial charge in [0.1, 0.15) is 5.82 Å². The first-order chi connectivity index (χ1) is 12.6. The first kappa shape index (κ1) is 16.6. The maximum absolute atomic E-state index is 5.96. The van der Waals surface area contributed by atoms with Crippen molar-refractivity contribution < 1.29 is 0 Å². The highest BCUT2D eigenvalue weighted by Gasteiger charge is 2.14. The third-order valence-electron chi connectivity index (χ3n) is 4.81. The molecule has 2 aliphatic carbocycles. The number of hydrogen-bond acceptors (Lipinski definition) is 5. The van der Waals surface area contributed by atoms with Crippen molar-refractivity contribution in [1.29, 1.82) is 0 Å². The third-order valence-corrected chi connectivity index (χ3v) is 4.81. The molecule has 2 aliphatic rings. The lowest BCUT2D eigenvalue weighted by atomic mass is 9.99. The summed E-state index contributed by atoms with van der Waals surface area (Å²) in [6.07, 6.45) is 17.0. The van der Waals surface area contributed by atoms with E-state index in [1.807, 2.05) is 10.9 Å². The van der Waals surface area contributed by atoms with Crippen LogP contribution in [0, 0.1) is 11.8 Å². The SMILES string of the molecule is C[C@@H]1C=CC(Nc2nc(N)nc3c2cnn3CC2=CC[C@@H](C)C=C2)=CC1. The van der Waals surface area contributed by atoms with E-state index in [0.29, 0.717) is 24.2 Å². The largest absolute Gasteiger partial charge is 0.368 e. The van der Waals surface area contributed by atoms with Gasteiger partial charge in [0.05, 0.1) is 18.1 Å². The number of aromatic nitrogens is 4. The summed E-state index contributed by atoms with van der Waals surface area (Å²) in [5, 5.41) is 8.77. The van der Waals surface area contributed by atoms with Crippen molar-refractivity contribution in [3.63, 3.8) is 0 Å². The lowest BCUT2D eigenvalue weighted by Crippen LogP contribution is -2.09. The minimum absolute atomic E-state index is 0.247. The van der Waals surface area contributed by atoms with Crippen LogP contribution < -0.4 is 11.1 Å². The van der Waals surface area contributed by atoms with Crippen molar-refractivity contribution >= 4 is 22.8 Å². The van der Waals surface area contributed by atoms with Crippen molar-refractivity contribution in [1.82, 2.24) is 19.7 Å². The lowest BCUT2D eigenvalue weighted by molar-refractivity contribution is 0.675. The van der Waals surface area contributed by atoms with Gasteiger partial charge in [-0.3, -0.25) is 0 Å². The molecule has 2 aromatic heterocycles. The average molecular weight is 348 g/mol. The maximum Gasteiger partial charge on any atom is 0.224 e. The van der Waals surface area contributed by atoms with Crippen molar-refractivity contribution in [3.8, 4) is 0 Å². The zero-order chi connectivity index (χ0) is 18.1. The van der Waals surface area contributed by atoms with Gasteiger partial charge in [-0.25, -0.2) is 4.68 Å². The molecule has 0 aliphatic heterocycles. The van der Waals surface area contributed by atoms with Crippen LogP contribution in [0.4, 0.5) is 11.8 Å². The van der Waals surface area contributed by atoms with Crippen molar-refractivity contribution in [2.45, 2.75) is 33.2 Å². The highest BCUT2D eigenvalue weighted by atomic mass is 15.3. The topological polar surface area (TPSA) is 81.7 Å². The molecule has 0 radical (unpaired) electrons. The molecule has 0 amide bonds. The molecular weight excluding hydrogens is 324 g/mol. The normalized spacial score (nSPS) is 22.4. The number of nitrogen functional groups attached to an aromatic ring is 1. The summed E-state index contributed by atoms with van der Waals surface area (Å²) in [5.41, 5.74) is 8.99. The summed E-state index contributed by atoms with van der Waals surface area (Å²) in [6, 6.07) is 0. The first-order valence-electron chi connectivity index (χ1n) is 9.10. The van der Waals surface area contributed by atoms with E-state index in [2.05, 4.69) is 70.7 Å². The molecule has 2 heterocycles. The molecule has 26 heavy (non-hydrogen) atoms. The third kappa shape index (κ3) is 3.40. The molecule has 0 bridgehead atoms. The van der Waals surface area contributed by atoms with Crippen LogP contribution >= 0.6 is 0 Å². The van der Waals surface area contributed by atoms with Gasteiger partial charge in [-0.2, -0.15) is 15.1 Å². The second-order valence-electron chi connectivity index (χ2n) is 7.18. The Kier molecular flexibility index (Phi) is 4.32. The smallest absolute Gasteiger partial charge is 0.224 e. The molecule has 0 unspecified atom stereocenters. The number of nitrogens with two attached hydrogens (primary N) is 1. The molecule has 4 rings (SSSR count). The molecule has 134 valence electrons. The Morgan fingerprint density at radius 2 is 1.88 bits per heavy atom. The molecule has 0 saturated carbocycles. The fraction of sp³-hybridized carbons (Fsp3) is 0.350. The fourth-order valence-electron chi connectivity index (χ4n) is 3.20. The van der Waals surface area contributed by atoms with Gasteiger partial charge in [0.25, 0.3) is 0 Å². The summed E-state index contributed by atoms with van der Waals surface area (Å²) >= 11 is 0. The second-order valence-corrected chi connectivity index (χ2v) is 7.18. The van der Waals surface area contributed by atoms with Crippen molar-refractivity contribution in [2.75, 3.05) is 11.1 Å². The van der Waals surface area contributed by atoms with Gasteiger partial charge < -0.3 is 11.1 Å². The van der Waals surface area contributed by atoms with Gasteiger partial charge in [0.15, 0.2) is 5.65 Å². The van der Waals surface area contributed by atoms with Crippen LogP contribution in [0.5, 0.6) is 0 Å². The Bertz CT molecular complexity index is 947. The average Bonchev–Trinajstić information content (AvgIpc) is 3.02. The van der Waals surface area contributed by atoms with Crippen molar-refractivity contribution in [3.05, 3.63) is 53.9 Å². The number of fused-ring (bicyclic) bond motifs is 1. The molecule has 2 aromatic rings.